The molecule has 114 valence electrons. The molecular formula is C19H12Cl2O2. The van der Waals surface area contributed by atoms with E-state index < -0.39 is 0 Å². The largest absolute Gasteiger partial charge is 0.428 e. The van der Waals surface area contributed by atoms with Gasteiger partial charge in [-0.2, -0.15) is 0 Å². The summed E-state index contributed by atoms with van der Waals surface area (Å²) < 4.78 is 5.55. The summed E-state index contributed by atoms with van der Waals surface area (Å²) >= 11 is 12.1. The molecule has 0 amide bonds. The van der Waals surface area contributed by atoms with Gasteiger partial charge in [0, 0.05) is 17.8 Å². The van der Waals surface area contributed by atoms with E-state index in [2.05, 4.69) is 24.3 Å². The molecular weight excluding hydrogens is 331 g/mol. The molecule has 1 heterocycles. The van der Waals surface area contributed by atoms with Crippen LogP contribution in [0.2, 0.25) is 0 Å². The smallest absolute Gasteiger partial charge is 0.315 e. The number of carbonyl (C=O) groups is 1. The number of esters is 1. The van der Waals surface area contributed by atoms with Crippen LogP contribution >= 0.6 is 23.2 Å². The van der Waals surface area contributed by atoms with Crippen LogP contribution in [0.15, 0.2) is 58.8 Å². The lowest BCUT2D eigenvalue weighted by atomic mass is 9.54. The van der Waals surface area contributed by atoms with Crippen LogP contribution in [0.25, 0.3) is 0 Å². The minimum atomic E-state index is -0.243. The van der Waals surface area contributed by atoms with Crippen LogP contribution < -0.4 is 0 Å². The van der Waals surface area contributed by atoms with Gasteiger partial charge in [-0.05, 0) is 22.3 Å². The van der Waals surface area contributed by atoms with E-state index in [1.54, 1.807) is 0 Å². The predicted molar refractivity (Wildman–Crippen MR) is 88.4 cm³/mol. The summed E-state index contributed by atoms with van der Waals surface area (Å²) in [5.41, 5.74) is 4.95. The van der Waals surface area contributed by atoms with Crippen molar-refractivity contribution in [1.82, 2.24) is 0 Å². The maximum absolute atomic E-state index is 12.6. The first-order chi connectivity index (χ1) is 11.2. The lowest BCUT2D eigenvalue weighted by molar-refractivity contribution is -0.139. The van der Waals surface area contributed by atoms with Gasteiger partial charge < -0.3 is 4.74 Å². The van der Waals surface area contributed by atoms with Gasteiger partial charge in [0.25, 0.3) is 0 Å². The zero-order valence-corrected chi connectivity index (χ0v) is 13.5. The number of cyclic esters (lactones) is 1. The minimum absolute atomic E-state index is 0.00934. The third kappa shape index (κ3) is 1.63. The van der Waals surface area contributed by atoms with Gasteiger partial charge in [0.15, 0.2) is 0 Å². The molecule has 4 aliphatic rings. The Morgan fingerprint density at radius 3 is 1.65 bits per heavy atom. The normalized spacial score (nSPS) is 29.7. The zero-order chi connectivity index (χ0) is 15.7. The Kier molecular flexibility index (Phi) is 2.74. The number of hydrogen-bond acceptors (Lipinski definition) is 2. The van der Waals surface area contributed by atoms with Crippen LogP contribution in [0.3, 0.4) is 0 Å². The lowest BCUT2D eigenvalue weighted by Crippen LogP contribution is -2.40. The first-order valence-corrected chi connectivity index (χ1v) is 8.38. The van der Waals surface area contributed by atoms with E-state index in [1.807, 2.05) is 24.3 Å². The molecule has 2 bridgehead atoms. The average molecular weight is 343 g/mol. The number of ether oxygens (including phenoxy) is 1. The first kappa shape index (κ1) is 13.6. The van der Waals surface area contributed by atoms with Gasteiger partial charge >= 0.3 is 5.97 Å². The SMILES string of the molecule is O=C1OC(=C(Cl)Cl)[C@H]2C3c4ccccc4C(c4ccccc43)[C@@H]12. The van der Waals surface area contributed by atoms with Crippen molar-refractivity contribution < 1.29 is 9.53 Å². The molecule has 3 aliphatic carbocycles. The van der Waals surface area contributed by atoms with Crippen LogP contribution in [0.4, 0.5) is 0 Å². The summed E-state index contributed by atoms with van der Waals surface area (Å²) in [6, 6.07) is 16.7. The number of carbonyl (C=O) groups excluding carboxylic acids is 1. The average Bonchev–Trinajstić information content (AvgIpc) is 2.93. The summed E-state index contributed by atoms with van der Waals surface area (Å²) in [4.78, 5) is 12.6. The van der Waals surface area contributed by atoms with Crippen molar-refractivity contribution in [3.05, 3.63) is 81.0 Å². The van der Waals surface area contributed by atoms with Crippen molar-refractivity contribution in [2.45, 2.75) is 11.8 Å². The second-order valence-electron chi connectivity index (χ2n) is 6.31. The molecule has 6 rings (SSSR count). The molecule has 2 nitrogen and oxygen atoms in total. The van der Waals surface area contributed by atoms with E-state index in [0.29, 0.717) is 5.76 Å². The maximum atomic E-state index is 12.6. The van der Waals surface area contributed by atoms with E-state index in [1.165, 1.54) is 22.3 Å². The van der Waals surface area contributed by atoms with Gasteiger partial charge in [0.2, 0.25) is 0 Å². The molecule has 2 aromatic carbocycles. The molecule has 2 aromatic rings. The summed E-state index contributed by atoms with van der Waals surface area (Å²) in [6.07, 6.45) is 0. The van der Waals surface area contributed by atoms with Gasteiger partial charge in [-0.1, -0.05) is 71.7 Å². The van der Waals surface area contributed by atoms with E-state index in [0.717, 1.165) is 0 Å². The third-order valence-corrected chi connectivity index (χ3v) is 5.78. The fraction of sp³-hybridized carbons (Fsp3) is 0.211. The van der Waals surface area contributed by atoms with Crippen LogP contribution in [-0.2, 0) is 9.53 Å². The van der Waals surface area contributed by atoms with Crippen molar-refractivity contribution >= 4 is 29.2 Å². The molecule has 1 saturated heterocycles. The monoisotopic (exact) mass is 342 g/mol. The fourth-order valence-corrected chi connectivity index (χ4v) is 5.01. The minimum Gasteiger partial charge on any atom is -0.428 e. The molecule has 2 atom stereocenters. The number of hydrogen-bond donors (Lipinski definition) is 0. The van der Waals surface area contributed by atoms with E-state index in [4.69, 9.17) is 27.9 Å². The molecule has 1 aliphatic heterocycles. The quantitative estimate of drug-likeness (QED) is 0.648. The summed E-state index contributed by atoms with van der Waals surface area (Å²) in [6.45, 7) is 0. The van der Waals surface area contributed by atoms with Crippen LogP contribution in [0.1, 0.15) is 34.1 Å². The van der Waals surface area contributed by atoms with Crippen LogP contribution in [0, 0.1) is 11.8 Å². The summed E-state index contributed by atoms with van der Waals surface area (Å²) in [7, 11) is 0. The number of benzene rings is 2. The Morgan fingerprint density at radius 2 is 1.22 bits per heavy atom. The Hall–Kier alpha value is -1.77. The molecule has 23 heavy (non-hydrogen) atoms. The molecule has 1 fully saturated rings. The van der Waals surface area contributed by atoms with Crippen molar-refractivity contribution in [3.63, 3.8) is 0 Å². The van der Waals surface area contributed by atoms with Crippen molar-refractivity contribution in [1.29, 1.82) is 0 Å². The van der Waals surface area contributed by atoms with Crippen LogP contribution in [-0.4, -0.2) is 5.97 Å². The Morgan fingerprint density at radius 1 is 0.783 bits per heavy atom. The highest BCUT2D eigenvalue weighted by Crippen LogP contribution is 2.63. The van der Waals surface area contributed by atoms with E-state index in [-0.39, 0.29) is 34.1 Å². The fourth-order valence-electron chi connectivity index (χ4n) is 4.68. The Bertz CT molecular complexity index is 835. The van der Waals surface area contributed by atoms with Crippen molar-refractivity contribution in [2.24, 2.45) is 11.8 Å². The second-order valence-corrected chi connectivity index (χ2v) is 7.26. The standard InChI is InChI=1S/C19H12Cl2O2/c20-18(21)17-15-13-9-5-1-3-7-11(9)14(16(15)19(22)23-17)12-8-4-2-6-10(12)13/h1-8,13-16H/t13?,14?,15-,16+/m0/s1. The maximum Gasteiger partial charge on any atom is 0.315 e. The molecule has 0 N–H and O–H groups in total. The molecule has 4 heteroatoms. The highest BCUT2D eigenvalue weighted by molar-refractivity contribution is 6.56. The predicted octanol–water partition coefficient (Wildman–Crippen LogP) is 4.71. The van der Waals surface area contributed by atoms with Gasteiger partial charge in [0.05, 0.1) is 5.92 Å². The van der Waals surface area contributed by atoms with Crippen molar-refractivity contribution in [2.75, 3.05) is 0 Å². The molecule has 0 radical (unpaired) electrons. The molecule has 0 saturated carbocycles. The van der Waals surface area contributed by atoms with Gasteiger partial charge in [-0.3, -0.25) is 4.79 Å². The van der Waals surface area contributed by atoms with E-state index >= 15 is 0 Å². The van der Waals surface area contributed by atoms with Gasteiger partial charge in [0.1, 0.15) is 10.3 Å². The number of rotatable bonds is 0. The topological polar surface area (TPSA) is 26.3 Å². The third-order valence-electron chi connectivity index (χ3n) is 5.41. The number of halogens is 2. The van der Waals surface area contributed by atoms with Crippen LogP contribution in [0.5, 0.6) is 0 Å². The molecule has 0 aromatic heterocycles. The Balaban J connectivity index is 1.86. The molecule has 0 spiro atoms. The van der Waals surface area contributed by atoms with Gasteiger partial charge in [-0.15, -0.1) is 0 Å². The van der Waals surface area contributed by atoms with Gasteiger partial charge in [-0.25, -0.2) is 0 Å². The Labute approximate surface area is 143 Å². The zero-order valence-electron chi connectivity index (χ0n) is 12.0. The lowest BCUT2D eigenvalue weighted by Gasteiger charge is -2.46. The van der Waals surface area contributed by atoms with Crippen molar-refractivity contribution in [3.8, 4) is 0 Å². The highest BCUT2D eigenvalue weighted by Gasteiger charge is 2.59. The summed E-state index contributed by atoms with van der Waals surface area (Å²) in [5.74, 6) is -0.0684. The van der Waals surface area contributed by atoms with E-state index in [9.17, 15) is 4.79 Å². The first-order valence-electron chi connectivity index (χ1n) is 7.63. The second kappa shape index (κ2) is 4.62. The number of allylic oxidation sites excluding steroid dienone is 1. The molecule has 0 unspecified atom stereocenters. The summed E-state index contributed by atoms with van der Waals surface area (Å²) in [5, 5.41) is 0. The highest BCUT2D eigenvalue weighted by atomic mass is 35.5.